The molecule has 2 fully saturated rings. The molecular weight excluding hydrogens is 283 g/mol. The lowest BCUT2D eigenvalue weighted by molar-refractivity contribution is -0.123. The second kappa shape index (κ2) is 7.20. The van der Waals surface area contributed by atoms with E-state index >= 15 is 0 Å². The normalized spacial score (nSPS) is 21.3. The largest absolute Gasteiger partial charge is 0.376 e. The summed E-state index contributed by atoms with van der Waals surface area (Å²) < 4.78 is 19.3. The lowest BCUT2D eigenvalue weighted by atomic mass is 10.2. The van der Waals surface area contributed by atoms with Gasteiger partial charge in [0.1, 0.15) is 5.82 Å². The number of nitrogens with one attached hydrogen (secondary N) is 1. The average Bonchev–Trinajstić information content (AvgIpc) is 3.23. The van der Waals surface area contributed by atoms with Crippen LogP contribution in [0.3, 0.4) is 0 Å². The minimum absolute atomic E-state index is 0.00117. The molecule has 1 saturated heterocycles. The summed E-state index contributed by atoms with van der Waals surface area (Å²) in [5.74, 6) is -0.202. The van der Waals surface area contributed by atoms with Crippen LogP contribution < -0.4 is 5.32 Å². The van der Waals surface area contributed by atoms with Crippen LogP contribution in [0, 0.1) is 5.82 Å². The molecule has 0 bridgehead atoms. The van der Waals surface area contributed by atoms with Gasteiger partial charge in [0.05, 0.1) is 12.6 Å². The number of nitrogens with zero attached hydrogens (tertiary/aromatic N) is 1. The number of amides is 1. The monoisotopic (exact) mass is 306 g/mol. The van der Waals surface area contributed by atoms with Gasteiger partial charge in [-0.15, -0.1) is 0 Å². The minimum atomic E-state index is -0.201. The predicted molar refractivity (Wildman–Crippen MR) is 81.8 cm³/mol. The fourth-order valence-corrected chi connectivity index (χ4v) is 2.87. The van der Waals surface area contributed by atoms with Crippen molar-refractivity contribution < 1.29 is 13.9 Å². The van der Waals surface area contributed by atoms with Crippen LogP contribution >= 0.6 is 0 Å². The molecule has 1 aliphatic carbocycles. The molecule has 1 aromatic rings. The molecular formula is C17H23FN2O2. The van der Waals surface area contributed by atoms with Crippen LogP contribution in [0.1, 0.15) is 31.2 Å². The zero-order valence-electron chi connectivity index (χ0n) is 12.8. The Morgan fingerprint density at radius 2 is 2.14 bits per heavy atom. The number of benzene rings is 1. The summed E-state index contributed by atoms with van der Waals surface area (Å²) in [7, 11) is 0. The van der Waals surface area contributed by atoms with Gasteiger partial charge >= 0.3 is 0 Å². The highest BCUT2D eigenvalue weighted by Gasteiger charge is 2.30. The topological polar surface area (TPSA) is 41.6 Å². The number of carbonyl (C=O) groups excluding carboxylic acids is 1. The van der Waals surface area contributed by atoms with Gasteiger partial charge in [0.25, 0.3) is 0 Å². The molecule has 22 heavy (non-hydrogen) atoms. The molecule has 1 saturated carbocycles. The van der Waals surface area contributed by atoms with Crippen LogP contribution in [0.5, 0.6) is 0 Å². The van der Waals surface area contributed by atoms with E-state index in [1.807, 2.05) is 6.07 Å². The number of hydrogen-bond acceptors (Lipinski definition) is 3. The van der Waals surface area contributed by atoms with E-state index in [2.05, 4.69) is 10.2 Å². The molecule has 1 amide bonds. The summed E-state index contributed by atoms with van der Waals surface area (Å²) in [4.78, 5) is 14.2. The van der Waals surface area contributed by atoms with Crippen molar-refractivity contribution in [1.82, 2.24) is 10.2 Å². The van der Waals surface area contributed by atoms with Gasteiger partial charge in [-0.25, -0.2) is 4.39 Å². The molecule has 120 valence electrons. The average molecular weight is 306 g/mol. The Balaban J connectivity index is 1.50. The molecule has 1 unspecified atom stereocenters. The first-order valence-corrected chi connectivity index (χ1v) is 8.08. The van der Waals surface area contributed by atoms with E-state index < -0.39 is 0 Å². The van der Waals surface area contributed by atoms with Gasteiger partial charge in [0.15, 0.2) is 0 Å². The molecule has 0 aromatic heterocycles. The number of carbonyl (C=O) groups is 1. The van der Waals surface area contributed by atoms with E-state index in [9.17, 15) is 9.18 Å². The first-order valence-electron chi connectivity index (χ1n) is 8.08. The first kappa shape index (κ1) is 15.4. The maximum Gasteiger partial charge on any atom is 0.234 e. The molecule has 0 radical (unpaired) electrons. The van der Waals surface area contributed by atoms with Crippen LogP contribution in [0.2, 0.25) is 0 Å². The third-order valence-electron chi connectivity index (χ3n) is 4.29. The fraction of sp³-hybridized carbons (Fsp3) is 0.588. The minimum Gasteiger partial charge on any atom is -0.376 e. The summed E-state index contributed by atoms with van der Waals surface area (Å²) in [5.41, 5.74) is 0.654. The fourth-order valence-electron chi connectivity index (χ4n) is 2.87. The van der Waals surface area contributed by atoms with Crippen molar-refractivity contribution in [2.24, 2.45) is 0 Å². The maximum atomic E-state index is 13.8. The van der Waals surface area contributed by atoms with Crippen molar-refractivity contribution >= 4 is 5.91 Å². The van der Waals surface area contributed by atoms with E-state index in [4.69, 9.17) is 4.74 Å². The van der Waals surface area contributed by atoms with E-state index in [0.717, 1.165) is 32.3 Å². The number of halogens is 1. The lowest BCUT2D eigenvalue weighted by Crippen LogP contribution is -2.40. The first-order chi connectivity index (χ1) is 10.7. The molecule has 1 N–H and O–H groups in total. The number of ether oxygens (including phenoxy) is 1. The second-order valence-electron chi connectivity index (χ2n) is 6.17. The van der Waals surface area contributed by atoms with Crippen molar-refractivity contribution in [3.05, 3.63) is 35.6 Å². The summed E-state index contributed by atoms with van der Waals surface area (Å²) in [6, 6.07) is 7.19. The van der Waals surface area contributed by atoms with Gasteiger partial charge < -0.3 is 10.1 Å². The van der Waals surface area contributed by atoms with Crippen LogP contribution in [-0.2, 0) is 16.1 Å². The SMILES string of the molecule is O=C(CN(Cc1ccccc1F)C1CC1)NCC1CCCO1. The Morgan fingerprint density at radius 3 is 2.82 bits per heavy atom. The highest BCUT2D eigenvalue weighted by atomic mass is 19.1. The summed E-state index contributed by atoms with van der Waals surface area (Å²) in [6.45, 7) is 2.19. The highest BCUT2D eigenvalue weighted by molar-refractivity contribution is 5.78. The molecule has 1 heterocycles. The number of rotatable bonds is 7. The molecule has 2 aliphatic rings. The van der Waals surface area contributed by atoms with Crippen LogP contribution in [0.15, 0.2) is 24.3 Å². The zero-order valence-corrected chi connectivity index (χ0v) is 12.8. The Labute approximate surface area is 130 Å². The zero-order chi connectivity index (χ0) is 15.4. The van der Waals surface area contributed by atoms with Crippen molar-refractivity contribution in [3.8, 4) is 0 Å². The molecule has 1 aliphatic heterocycles. The van der Waals surface area contributed by atoms with Crippen LogP contribution in [0.25, 0.3) is 0 Å². The molecule has 0 spiro atoms. The summed E-state index contributed by atoms with van der Waals surface area (Å²) in [6.07, 6.45) is 4.43. The van der Waals surface area contributed by atoms with Gasteiger partial charge in [-0.3, -0.25) is 9.69 Å². The summed E-state index contributed by atoms with van der Waals surface area (Å²) in [5, 5.41) is 2.94. The van der Waals surface area contributed by atoms with Gasteiger partial charge in [0.2, 0.25) is 5.91 Å². The third-order valence-corrected chi connectivity index (χ3v) is 4.29. The second-order valence-corrected chi connectivity index (χ2v) is 6.17. The molecule has 4 nitrogen and oxygen atoms in total. The van der Waals surface area contributed by atoms with Crippen molar-refractivity contribution in [2.75, 3.05) is 19.7 Å². The van der Waals surface area contributed by atoms with Crippen molar-refractivity contribution in [1.29, 1.82) is 0 Å². The third kappa shape index (κ3) is 4.27. The molecule has 3 rings (SSSR count). The van der Waals surface area contributed by atoms with Gasteiger partial charge in [-0.05, 0) is 31.7 Å². The summed E-state index contributed by atoms with van der Waals surface area (Å²) >= 11 is 0. The lowest BCUT2D eigenvalue weighted by Gasteiger charge is -2.22. The van der Waals surface area contributed by atoms with E-state index in [1.165, 1.54) is 6.07 Å². The van der Waals surface area contributed by atoms with Gasteiger partial charge in [-0.1, -0.05) is 18.2 Å². The van der Waals surface area contributed by atoms with E-state index in [-0.39, 0.29) is 17.8 Å². The maximum absolute atomic E-state index is 13.8. The van der Waals surface area contributed by atoms with Crippen LogP contribution in [0.4, 0.5) is 4.39 Å². The quantitative estimate of drug-likeness (QED) is 0.838. The highest BCUT2D eigenvalue weighted by Crippen LogP contribution is 2.28. The van der Waals surface area contributed by atoms with Crippen LogP contribution in [-0.4, -0.2) is 42.6 Å². The van der Waals surface area contributed by atoms with Gasteiger partial charge in [-0.2, -0.15) is 0 Å². The predicted octanol–water partition coefficient (Wildman–Crippen LogP) is 2.09. The Morgan fingerprint density at radius 1 is 1.32 bits per heavy atom. The van der Waals surface area contributed by atoms with E-state index in [1.54, 1.807) is 12.1 Å². The Hall–Kier alpha value is -1.46. The molecule has 1 atom stereocenters. The smallest absolute Gasteiger partial charge is 0.234 e. The van der Waals surface area contributed by atoms with Gasteiger partial charge in [0, 0.05) is 31.3 Å². The molecule has 1 aromatic carbocycles. The van der Waals surface area contributed by atoms with E-state index in [0.29, 0.717) is 31.2 Å². The molecule has 5 heteroatoms. The van der Waals surface area contributed by atoms with Crippen molar-refractivity contribution in [2.45, 2.75) is 44.4 Å². The standard InChI is InChI=1S/C17H23FN2O2/c18-16-6-2-1-4-13(16)11-20(14-7-8-14)12-17(21)19-10-15-5-3-9-22-15/h1-2,4,6,14-15H,3,5,7-12H2,(H,19,21). The number of hydrogen-bond donors (Lipinski definition) is 1. The Bertz CT molecular complexity index is 513. The van der Waals surface area contributed by atoms with Crippen molar-refractivity contribution in [3.63, 3.8) is 0 Å². The Kier molecular flexibility index (Phi) is 5.05.